The fraction of sp³-hybridized carbons (Fsp3) is 0.615. The van der Waals surface area contributed by atoms with E-state index in [-0.39, 0.29) is 5.91 Å². The quantitative estimate of drug-likeness (QED) is 0.778. The SMILES string of the molecule is CCCN(c1ccc(C(=O)NCC)nn1)C1CNC1. The molecule has 1 fully saturated rings. The number of nitrogens with one attached hydrogen (secondary N) is 2. The van der Waals surface area contributed by atoms with Crippen LogP contribution in [-0.2, 0) is 0 Å². The lowest BCUT2D eigenvalue weighted by molar-refractivity contribution is 0.0950. The fourth-order valence-corrected chi connectivity index (χ4v) is 2.07. The second-order valence-electron chi connectivity index (χ2n) is 4.64. The molecule has 6 nitrogen and oxygen atoms in total. The van der Waals surface area contributed by atoms with E-state index in [0.29, 0.717) is 18.3 Å². The lowest BCUT2D eigenvalue weighted by atomic mass is 10.1. The Labute approximate surface area is 113 Å². The number of carbonyl (C=O) groups is 1. The minimum atomic E-state index is -0.172. The van der Waals surface area contributed by atoms with Crippen molar-refractivity contribution in [2.45, 2.75) is 26.3 Å². The summed E-state index contributed by atoms with van der Waals surface area (Å²) < 4.78 is 0. The number of carbonyl (C=O) groups excluding carboxylic acids is 1. The van der Waals surface area contributed by atoms with Crippen LogP contribution >= 0.6 is 0 Å². The molecule has 104 valence electrons. The molecule has 0 bridgehead atoms. The number of anilines is 1. The van der Waals surface area contributed by atoms with Crippen LogP contribution < -0.4 is 15.5 Å². The summed E-state index contributed by atoms with van der Waals surface area (Å²) in [6, 6.07) is 4.11. The molecule has 1 aliphatic rings. The van der Waals surface area contributed by atoms with Crippen LogP contribution in [0.3, 0.4) is 0 Å². The largest absolute Gasteiger partial charge is 0.351 e. The summed E-state index contributed by atoms with van der Waals surface area (Å²) in [6.45, 7) is 7.56. The molecule has 1 aliphatic heterocycles. The van der Waals surface area contributed by atoms with E-state index in [9.17, 15) is 4.79 Å². The van der Waals surface area contributed by atoms with E-state index in [1.54, 1.807) is 6.07 Å². The van der Waals surface area contributed by atoms with Crippen LogP contribution in [-0.4, -0.2) is 48.3 Å². The third-order valence-electron chi connectivity index (χ3n) is 3.18. The topological polar surface area (TPSA) is 70.2 Å². The monoisotopic (exact) mass is 263 g/mol. The van der Waals surface area contributed by atoms with Crippen molar-refractivity contribution in [2.24, 2.45) is 0 Å². The van der Waals surface area contributed by atoms with Gasteiger partial charge in [-0.15, -0.1) is 10.2 Å². The van der Waals surface area contributed by atoms with Gasteiger partial charge in [-0.05, 0) is 25.5 Å². The fourth-order valence-electron chi connectivity index (χ4n) is 2.07. The normalized spacial score (nSPS) is 14.8. The maximum Gasteiger partial charge on any atom is 0.271 e. The predicted octanol–water partition coefficient (Wildman–Crippen LogP) is 0.415. The minimum Gasteiger partial charge on any atom is -0.351 e. The maximum absolute atomic E-state index is 11.6. The first-order chi connectivity index (χ1) is 9.26. The van der Waals surface area contributed by atoms with Crippen molar-refractivity contribution >= 4 is 11.7 Å². The van der Waals surface area contributed by atoms with Gasteiger partial charge in [-0.1, -0.05) is 6.92 Å². The van der Waals surface area contributed by atoms with Crippen LogP contribution in [0.2, 0.25) is 0 Å². The molecular formula is C13H21N5O. The average Bonchev–Trinajstić information content (AvgIpc) is 2.37. The van der Waals surface area contributed by atoms with E-state index < -0.39 is 0 Å². The van der Waals surface area contributed by atoms with Crippen molar-refractivity contribution in [2.75, 3.05) is 31.1 Å². The summed E-state index contributed by atoms with van der Waals surface area (Å²) in [4.78, 5) is 13.9. The number of hydrogen-bond donors (Lipinski definition) is 2. The van der Waals surface area contributed by atoms with Gasteiger partial charge in [0.05, 0.1) is 6.04 Å². The highest BCUT2D eigenvalue weighted by atomic mass is 16.1. The maximum atomic E-state index is 11.6. The first kappa shape index (κ1) is 13.7. The van der Waals surface area contributed by atoms with Crippen LogP contribution in [0.15, 0.2) is 12.1 Å². The Balaban J connectivity index is 2.08. The molecule has 1 saturated heterocycles. The van der Waals surface area contributed by atoms with Gasteiger partial charge >= 0.3 is 0 Å². The summed E-state index contributed by atoms with van der Waals surface area (Å²) >= 11 is 0. The van der Waals surface area contributed by atoms with Gasteiger partial charge in [0, 0.05) is 26.2 Å². The molecular weight excluding hydrogens is 242 g/mol. The van der Waals surface area contributed by atoms with Gasteiger partial charge in [-0.25, -0.2) is 0 Å². The van der Waals surface area contributed by atoms with Gasteiger partial charge in [0.15, 0.2) is 11.5 Å². The van der Waals surface area contributed by atoms with Gasteiger partial charge in [0.1, 0.15) is 0 Å². The summed E-state index contributed by atoms with van der Waals surface area (Å²) in [5, 5.41) is 14.2. The summed E-state index contributed by atoms with van der Waals surface area (Å²) in [5.41, 5.74) is 0.369. The van der Waals surface area contributed by atoms with Crippen LogP contribution in [0.5, 0.6) is 0 Å². The Morgan fingerprint density at radius 3 is 2.68 bits per heavy atom. The Kier molecular flexibility index (Phi) is 4.68. The van der Waals surface area contributed by atoms with Crippen molar-refractivity contribution in [3.63, 3.8) is 0 Å². The summed E-state index contributed by atoms with van der Waals surface area (Å²) in [5.74, 6) is 0.676. The molecule has 2 rings (SSSR count). The minimum absolute atomic E-state index is 0.172. The Morgan fingerprint density at radius 1 is 1.42 bits per heavy atom. The van der Waals surface area contributed by atoms with Gasteiger partial charge < -0.3 is 15.5 Å². The molecule has 2 N–H and O–H groups in total. The second kappa shape index (κ2) is 6.47. The van der Waals surface area contributed by atoms with Crippen LogP contribution in [0.4, 0.5) is 5.82 Å². The lowest BCUT2D eigenvalue weighted by Crippen LogP contribution is -2.57. The van der Waals surface area contributed by atoms with E-state index in [2.05, 4.69) is 32.7 Å². The Bertz CT molecular complexity index is 416. The summed E-state index contributed by atoms with van der Waals surface area (Å²) in [6.07, 6.45) is 1.07. The zero-order chi connectivity index (χ0) is 13.7. The molecule has 6 heteroatoms. The molecule has 1 aromatic rings. The number of hydrogen-bond acceptors (Lipinski definition) is 5. The molecule has 0 radical (unpaired) electrons. The van der Waals surface area contributed by atoms with Gasteiger partial charge in [-0.2, -0.15) is 0 Å². The first-order valence-corrected chi connectivity index (χ1v) is 6.85. The first-order valence-electron chi connectivity index (χ1n) is 6.85. The Hall–Kier alpha value is -1.69. The third kappa shape index (κ3) is 3.20. The zero-order valence-corrected chi connectivity index (χ0v) is 11.5. The smallest absolute Gasteiger partial charge is 0.271 e. The van der Waals surface area contributed by atoms with Crippen molar-refractivity contribution in [3.8, 4) is 0 Å². The highest BCUT2D eigenvalue weighted by Crippen LogP contribution is 2.16. The molecule has 0 unspecified atom stereocenters. The second-order valence-corrected chi connectivity index (χ2v) is 4.64. The van der Waals surface area contributed by atoms with E-state index in [1.807, 2.05) is 13.0 Å². The highest BCUT2D eigenvalue weighted by molar-refractivity contribution is 5.92. The molecule has 0 saturated carbocycles. The van der Waals surface area contributed by atoms with Crippen LogP contribution in [0.25, 0.3) is 0 Å². The molecule has 0 aliphatic carbocycles. The molecule has 1 aromatic heterocycles. The standard InChI is InChI=1S/C13H21N5O/c1-3-7-18(10-8-14-9-10)12-6-5-11(16-17-12)13(19)15-4-2/h5-6,10,14H,3-4,7-9H2,1-2H3,(H,15,19). The zero-order valence-electron chi connectivity index (χ0n) is 11.5. The van der Waals surface area contributed by atoms with Crippen molar-refractivity contribution in [3.05, 3.63) is 17.8 Å². The van der Waals surface area contributed by atoms with E-state index in [0.717, 1.165) is 31.9 Å². The highest BCUT2D eigenvalue weighted by Gasteiger charge is 2.25. The van der Waals surface area contributed by atoms with Gasteiger partial charge in [0.25, 0.3) is 5.91 Å². The van der Waals surface area contributed by atoms with Crippen molar-refractivity contribution in [1.29, 1.82) is 0 Å². The van der Waals surface area contributed by atoms with E-state index >= 15 is 0 Å². The number of amides is 1. The number of nitrogens with zero attached hydrogens (tertiary/aromatic N) is 3. The molecule has 0 atom stereocenters. The molecule has 0 spiro atoms. The number of rotatable bonds is 6. The van der Waals surface area contributed by atoms with Gasteiger partial charge in [0.2, 0.25) is 0 Å². The summed E-state index contributed by atoms with van der Waals surface area (Å²) in [7, 11) is 0. The molecule has 19 heavy (non-hydrogen) atoms. The molecule has 0 aromatic carbocycles. The molecule has 2 heterocycles. The van der Waals surface area contributed by atoms with Crippen molar-refractivity contribution in [1.82, 2.24) is 20.8 Å². The van der Waals surface area contributed by atoms with Gasteiger partial charge in [-0.3, -0.25) is 4.79 Å². The third-order valence-corrected chi connectivity index (χ3v) is 3.18. The van der Waals surface area contributed by atoms with Crippen molar-refractivity contribution < 1.29 is 4.79 Å². The molecule has 1 amide bonds. The average molecular weight is 263 g/mol. The number of aromatic nitrogens is 2. The lowest BCUT2D eigenvalue weighted by Gasteiger charge is -2.38. The van der Waals surface area contributed by atoms with E-state index in [1.165, 1.54) is 0 Å². The predicted molar refractivity (Wildman–Crippen MR) is 74.3 cm³/mol. The van der Waals surface area contributed by atoms with Crippen LogP contribution in [0, 0.1) is 0 Å². The van der Waals surface area contributed by atoms with Crippen LogP contribution in [0.1, 0.15) is 30.8 Å². The Morgan fingerprint density at radius 2 is 2.21 bits per heavy atom. The van der Waals surface area contributed by atoms with E-state index in [4.69, 9.17) is 0 Å².